The second-order valence-corrected chi connectivity index (χ2v) is 5.69. The summed E-state index contributed by atoms with van der Waals surface area (Å²) in [5.74, 6) is 1.66. The van der Waals surface area contributed by atoms with Gasteiger partial charge in [-0.2, -0.15) is 0 Å². The lowest BCUT2D eigenvalue weighted by Gasteiger charge is -2.24. The lowest BCUT2D eigenvalue weighted by Crippen LogP contribution is -2.45. The van der Waals surface area contributed by atoms with E-state index in [0.717, 1.165) is 44.6 Å². The fourth-order valence-corrected chi connectivity index (χ4v) is 1.50. The first kappa shape index (κ1) is 16.2. The van der Waals surface area contributed by atoms with Crippen LogP contribution in [0.4, 0.5) is 0 Å². The van der Waals surface area contributed by atoms with Gasteiger partial charge in [0.1, 0.15) is 0 Å². The molecule has 0 aromatic heterocycles. The van der Waals surface area contributed by atoms with Crippen molar-refractivity contribution in [2.45, 2.75) is 38.7 Å². The standard InChI is InChI=1S/C14H29N3O2/c1-14(2,18-4)11-17-13(15-3)16-8-5-9-19-10-12-6-7-12/h12H,5-11H2,1-4H3,(H2,15,16,17). The number of nitrogens with one attached hydrogen (secondary N) is 2. The fourth-order valence-electron chi connectivity index (χ4n) is 1.50. The van der Waals surface area contributed by atoms with Gasteiger partial charge in [-0.3, -0.25) is 4.99 Å². The molecule has 5 nitrogen and oxygen atoms in total. The predicted octanol–water partition coefficient (Wildman–Crippen LogP) is 1.39. The lowest BCUT2D eigenvalue weighted by molar-refractivity contribution is 0.0268. The average Bonchev–Trinajstić information content (AvgIpc) is 3.21. The number of ether oxygens (including phenoxy) is 2. The highest BCUT2D eigenvalue weighted by molar-refractivity contribution is 5.79. The highest BCUT2D eigenvalue weighted by Gasteiger charge is 2.20. The zero-order valence-corrected chi connectivity index (χ0v) is 12.8. The Kier molecular flexibility index (Phi) is 7.16. The molecule has 0 atom stereocenters. The molecule has 2 N–H and O–H groups in total. The summed E-state index contributed by atoms with van der Waals surface area (Å²) in [6.07, 6.45) is 3.70. The molecule has 1 rings (SSSR count). The largest absolute Gasteiger partial charge is 0.381 e. The van der Waals surface area contributed by atoms with E-state index in [1.54, 1.807) is 14.2 Å². The summed E-state index contributed by atoms with van der Waals surface area (Å²) in [6.45, 7) is 7.44. The van der Waals surface area contributed by atoms with Gasteiger partial charge in [-0.1, -0.05) is 0 Å². The quantitative estimate of drug-likeness (QED) is 0.378. The lowest BCUT2D eigenvalue weighted by atomic mass is 10.1. The molecule has 1 fully saturated rings. The van der Waals surface area contributed by atoms with Gasteiger partial charge in [0.2, 0.25) is 0 Å². The number of hydrogen-bond donors (Lipinski definition) is 2. The van der Waals surface area contributed by atoms with Crippen LogP contribution in [-0.2, 0) is 9.47 Å². The minimum atomic E-state index is -0.189. The second-order valence-electron chi connectivity index (χ2n) is 5.69. The Bertz CT molecular complexity index is 276. The van der Waals surface area contributed by atoms with E-state index in [-0.39, 0.29) is 5.60 Å². The zero-order chi connectivity index (χ0) is 14.1. The fraction of sp³-hybridized carbons (Fsp3) is 0.929. The van der Waals surface area contributed by atoms with Crippen LogP contribution in [0.2, 0.25) is 0 Å². The van der Waals surface area contributed by atoms with Crippen LogP contribution >= 0.6 is 0 Å². The summed E-state index contributed by atoms with van der Waals surface area (Å²) in [6, 6.07) is 0. The number of rotatable bonds is 9. The second kappa shape index (κ2) is 8.38. The maximum Gasteiger partial charge on any atom is 0.191 e. The number of guanidine groups is 1. The summed E-state index contributed by atoms with van der Waals surface area (Å²) >= 11 is 0. The van der Waals surface area contributed by atoms with Gasteiger partial charge in [0, 0.05) is 40.5 Å². The van der Waals surface area contributed by atoms with Crippen LogP contribution in [-0.4, -0.2) is 52.0 Å². The summed E-state index contributed by atoms with van der Waals surface area (Å²) in [5, 5.41) is 6.53. The molecule has 0 aromatic carbocycles. The molecule has 0 saturated heterocycles. The van der Waals surface area contributed by atoms with E-state index in [9.17, 15) is 0 Å². The molecule has 19 heavy (non-hydrogen) atoms. The number of methoxy groups -OCH3 is 1. The summed E-state index contributed by atoms with van der Waals surface area (Å²) < 4.78 is 10.9. The first-order valence-corrected chi connectivity index (χ1v) is 7.15. The van der Waals surface area contributed by atoms with Gasteiger partial charge in [-0.25, -0.2) is 0 Å². The Morgan fingerprint density at radius 1 is 1.32 bits per heavy atom. The van der Waals surface area contributed by atoms with E-state index in [2.05, 4.69) is 15.6 Å². The van der Waals surface area contributed by atoms with Crippen molar-refractivity contribution in [1.82, 2.24) is 10.6 Å². The first-order valence-electron chi connectivity index (χ1n) is 7.15. The van der Waals surface area contributed by atoms with Gasteiger partial charge in [0.05, 0.1) is 5.60 Å². The van der Waals surface area contributed by atoms with Crippen molar-refractivity contribution in [2.24, 2.45) is 10.9 Å². The third-order valence-corrected chi connectivity index (χ3v) is 3.27. The topological polar surface area (TPSA) is 54.9 Å². The van der Waals surface area contributed by atoms with Crippen LogP contribution in [0.5, 0.6) is 0 Å². The third-order valence-electron chi connectivity index (χ3n) is 3.27. The number of nitrogens with zero attached hydrogens (tertiary/aromatic N) is 1. The summed E-state index contributed by atoms with van der Waals surface area (Å²) in [4.78, 5) is 4.18. The Morgan fingerprint density at radius 3 is 2.63 bits per heavy atom. The Labute approximate surface area is 117 Å². The molecular weight excluding hydrogens is 242 g/mol. The van der Waals surface area contributed by atoms with E-state index >= 15 is 0 Å². The molecule has 1 saturated carbocycles. The third kappa shape index (κ3) is 8.06. The van der Waals surface area contributed by atoms with Crippen LogP contribution in [0.1, 0.15) is 33.1 Å². The molecular formula is C14H29N3O2. The maximum atomic E-state index is 5.58. The molecule has 112 valence electrons. The smallest absolute Gasteiger partial charge is 0.191 e. The highest BCUT2D eigenvalue weighted by atomic mass is 16.5. The van der Waals surface area contributed by atoms with Gasteiger partial charge in [0.15, 0.2) is 5.96 Å². The van der Waals surface area contributed by atoms with Gasteiger partial charge < -0.3 is 20.1 Å². The first-order chi connectivity index (χ1) is 9.07. The van der Waals surface area contributed by atoms with Gasteiger partial charge in [-0.15, -0.1) is 0 Å². The highest BCUT2D eigenvalue weighted by Crippen LogP contribution is 2.28. The van der Waals surface area contributed by atoms with Gasteiger partial charge in [-0.05, 0) is 39.0 Å². The molecule has 0 bridgehead atoms. The van der Waals surface area contributed by atoms with Crippen molar-refractivity contribution in [2.75, 3.05) is 40.5 Å². The van der Waals surface area contributed by atoms with E-state index in [0.29, 0.717) is 0 Å². The molecule has 0 aromatic rings. The monoisotopic (exact) mass is 271 g/mol. The van der Waals surface area contributed by atoms with Crippen LogP contribution in [0, 0.1) is 5.92 Å². The Hall–Kier alpha value is -0.810. The maximum absolute atomic E-state index is 5.58. The number of aliphatic imine (C=N–C) groups is 1. The van der Waals surface area contributed by atoms with Crippen LogP contribution in [0.25, 0.3) is 0 Å². The minimum Gasteiger partial charge on any atom is -0.381 e. The molecule has 0 spiro atoms. The molecule has 0 unspecified atom stereocenters. The molecule has 0 heterocycles. The van der Waals surface area contributed by atoms with Crippen LogP contribution in [0.15, 0.2) is 4.99 Å². The normalized spacial score (nSPS) is 16.5. The molecule has 0 aliphatic heterocycles. The van der Waals surface area contributed by atoms with E-state index < -0.39 is 0 Å². The van der Waals surface area contributed by atoms with Crippen molar-refractivity contribution in [3.63, 3.8) is 0 Å². The predicted molar refractivity (Wildman–Crippen MR) is 78.6 cm³/mol. The Morgan fingerprint density at radius 2 is 2.05 bits per heavy atom. The van der Waals surface area contributed by atoms with E-state index in [1.165, 1.54) is 12.8 Å². The molecule has 0 radical (unpaired) electrons. The van der Waals surface area contributed by atoms with Crippen molar-refractivity contribution in [1.29, 1.82) is 0 Å². The van der Waals surface area contributed by atoms with Crippen molar-refractivity contribution < 1.29 is 9.47 Å². The van der Waals surface area contributed by atoms with Gasteiger partial charge in [0.25, 0.3) is 0 Å². The van der Waals surface area contributed by atoms with Gasteiger partial charge >= 0.3 is 0 Å². The Balaban J connectivity index is 2.01. The SMILES string of the molecule is CN=C(NCCCOCC1CC1)NCC(C)(C)OC. The molecule has 1 aliphatic carbocycles. The van der Waals surface area contributed by atoms with Crippen molar-refractivity contribution in [3.8, 4) is 0 Å². The zero-order valence-electron chi connectivity index (χ0n) is 12.8. The summed E-state index contributed by atoms with van der Waals surface area (Å²) in [7, 11) is 3.49. The summed E-state index contributed by atoms with van der Waals surface area (Å²) in [5.41, 5.74) is -0.189. The minimum absolute atomic E-state index is 0.189. The van der Waals surface area contributed by atoms with Crippen LogP contribution < -0.4 is 10.6 Å². The molecule has 1 aliphatic rings. The number of hydrogen-bond acceptors (Lipinski definition) is 3. The van der Waals surface area contributed by atoms with E-state index in [1.807, 2.05) is 13.8 Å². The van der Waals surface area contributed by atoms with Crippen molar-refractivity contribution >= 4 is 5.96 Å². The van der Waals surface area contributed by atoms with Crippen LogP contribution in [0.3, 0.4) is 0 Å². The molecule has 0 amide bonds. The molecule has 5 heteroatoms. The van der Waals surface area contributed by atoms with E-state index in [4.69, 9.17) is 9.47 Å². The average molecular weight is 271 g/mol. The van der Waals surface area contributed by atoms with Crippen molar-refractivity contribution in [3.05, 3.63) is 0 Å².